The lowest BCUT2D eigenvalue weighted by atomic mass is 10.1. The Bertz CT molecular complexity index is 816. The molecule has 0 heterocycles. The van der Waals surface area contributed by atoms with Crippen molar-refractivity contribution in [2.75, 3.05) is 47.2 Å². The van der Waals surface area contributed by atoms with Crippen molar-refractivity contribution in [3.63, 3.8) is 0 Å². The Morgan fingerprint density at radius 1 is 0.879 bits per heavy atom. The summed E-state index contributed by atoms with van der Waals surface area (Å²) in [5.41, 5.74) is 3.38. The lowest BCUT2D eigenvalue weighted by Crippen LogP contribution is -2.36. The number of rotatable bonds is 14. The minimum atomic E-state index is 0. The van der Waals surface area contributed by atoms with Crippen LogP contribution in [0.1, 0.15) is 30.0 Å². The molecule has 184 valence electrons. The van der Waals surface area contributed by atoms with E-state index < -0.39 is 0 Å². The smallest absolute Gasteiger partial charge is 0.191 e. The van der Waals surface area contributed by atoms with E-state index in [4.69, 9.17) is 23.9 Å². The zero-order valence-electron chi connectivity index (χ0n) is 20.2. The van der Waals surface area contributed by atoms with E-state index in [1.807, 2.05) is 24.3 Å². The van der Waals surface area contributed by atoms with E-state index in [0.29, 0.717) is 39.5 Å². The highest BCUT2D eigenvalue weighted by Gasteiger charge is 2.06. The van der Waals surface area contributed by atoms with Crippen LogP contribution < -0.4 is 20.1 Å². The SMILES string of the molecule is CCNC(=NCc1ccc(OCCOC)cc1)NCc1ccc(C)cc1OCCCOC.I. The van der Waals surface area contributed by atoms with Gasteiger partial charge in [-0.15, -0.1) is 24.0 Å². The van der Waals surface area contributed by atoms with Crippen molar-refractivity contribution in [3.8, 4) is 11.5 Å². The number of aryl methyl sites for hydroxylation is 1. The second-order valence-electron chi connectivity index (χ2n) is 7.34. The maximum Gasteiger partial charge on any atom is 0.191 e. The molecule has 0 aliphatic carbocycles. The van der Waals surface area contributed by atoms with E-state index in [1.54, 1.807) is 14.2 Å². The molecule has 0 aliphatic rings. The molecule has 2 aromatic carbocycles. The van der Waals surface area contributed by atoms with Crippen LogP contribution in [0.15, 0.2) is 47.5 Å². The predicted molar refractivity (Wildman–Crippen MR) is 144 cm³/mol. The number of hydrogen-bond acceptors (Lipinski definition) is 5. The largest absolute Gasteiger partial charge is 0.493 e. The van der Waals surface area contributed by atoms with Crippen LogP contribution in [0, 0.1) is 6.92 Å². The summed E-state index contributed by atoms with van der Waals surface area (Å²) in [6, 6.07) is 14.2. The summed E-state index contributed by atoms with van der Waals surface area (Å²) in [6.07, 6.45) is 0.859. The van der Waals surface area contributed by atoms with Gasteiger partial charge in [0.1, 0.15) is 18.1 Å². The molecule has 33 heavy (non-hydrogen) atoms. The minimum Gasteiger partial charge on any atom is -0.493 e. The number of hydrogen-bond donors (Lipinski definition) is 2. The second-order valence-corrected chi connectivity index (χ2v) is 7.34. The van der Waals surface area contributed by atoms with E-state index in [1.165, 1.54) is 5.56 Å². The molecular formula is C25H38IN3O4. The molecule has 0 bridgehead atoms. The molecule has 8 heteroatoms. The number of aliphatic imine (C=N–C) groups is 1. The molecule has 0 unspecified atom stereocenters. The number of nitrogens with one attached hydrogen (secondary N) is 2. The number of methoxy groups -OCH3 is 2. The van der Waals surface area contributed by atoms with Gasteiger partial charge in [-0.05, 0) is 43.2 Å². The Balaban J connectivity index is 0.00000544. The highest BCUT2D eigenvalue weighted by atomic mass is 127. The zero-order valence-corrected chi connectivity index (χ0v) is 22.5. The Morgan fingerprint density at radius 3 is 2.33 bits per heavy atom. The summed E-state index contributed by atoms with van der Waals surface area (Å²) in [5, 5.41) is 6.71. The molecule has 2 rings (SSSR count). The van der Waals surface area contributed by atoms with Crippen molar-refractivity contribution >= 4 is 29.9 Å². The van der Waals surface area contributed by atoms with Crippen LogP contribution in [0.5, 0.6) is 11.5 Å². The summed E-state index contributed by atoms with van der Waals surface area (Å²) < 4.78 is 21.7. The Morgan fingerprint density at radius 2 is 1.64 bits per heavy atom. The van der Waals surface area contributed by atoms with Gasteiger partial charge < -0.3 is 29.6 Å². The van der Waals surface area contributed by atoms with Crippen molar-refractivity contribution in [3.05, 3.63) is 59.2 Å². The third-order valence-corrected chi connectivity index (χ3v) is 4.66. The van der Waals surface area contributed by atoms with E-state index in [2.05, 4.69) is 42.7 Å². The Hall–Kier alpha value is -2.04. The van der Waals surface area contributed by atoms with Gasteiger partial charge in [-0.25, -0.2) is 4.99 Å². The van der Waals surface area contributed by atoms with Crippen LogP contribution in [0.3, 0.4) is 0 Å². The van der Waals surface area contributed by atoms with Crippen LogP contribution in [0.2, 0.25) is 0 Å². The normalized spacial score (nSPS) is 11.0. The minimum absolute atomic E-state index is 0. The highest BCUT2D eigenvalue weighted by Crippen LogP contribution is 2.20. The molecular weight excluding hydrogens is 533 g/mol. The van der Waals surface area contributed by atoms with Crippen molar-refractivity contribution in [1.29, 1.82) is 0 Å². The first-order chi connectivity index (χ1) is 15.7. The van der Waals surface area contributed by atoms with Crippen LogP contribution in [-0.4, -0.2) is 53.2 Å². The van der Waals surface area contributed by atoms with Crippen molar-refractivity contribution < 1.29 is 18.9 Å². The third-order valence-electron chi connectivity index (χ3n) is 4.66. The molecule has 0 spiro atoms. The summed E-state index contributed by atoms with van der Waals surface area (Å²) in [6.45, 7) is 8.54. The Labute approximate surface area is 215 Å². The van der Waals surface area contributed by atoms with Crippen LogP contribution >= 0.6 is 24.0 Å². The van der Waals surface area contributed by atoms with Crippen LogP contribution in [0.25, 0.3) is 0 Å². The lowest BCUT2D eigenvalue weighted by Gasteiger charge is -2.15. The first-order valence-corrected chi connectivity index (χ1v) is 11.1. The van der Waals surface area contributed by atoms with Gasteiger partial charge in [0.25, 0.3) is 0 Å². The van der Waals surface area contributed by atoms with Gasteiger partial charge in [-0.3, -0.25) is 0 Å². The monoisotopic (exact) mass is 571 g/mol. The zero-order chi connectivity index (χ0) is 23.0. The average molecular weight is 572 g/mol. The highest BCUT2D eigenvalue weighted by molar-refractivity contribution is 14.0. The number of guanidine groups is 1. The Kier molecular flexibility index (Phi) is 15.3. The van der Waals surface area contributed by atoms with Gasteiger partial charge in [-0.1, -0.05) is 24.3 Å². The maximum atomic E-state index is 5.99. The van der Waals surface area contributed by atoms with Gasteiger partial charge in [0.15, 0.2) is 5.96 Å². The van der Waals surface area contributed by atoms with Gasteiger partial charge in [0.05, 0.1) is 19.8 Å². The third kappa shape index (κ3) is 11.6. The fourth-order valence-corrected chi connectivity index (χ4v) is 2.95. The predicted octanol–water partition coefficient (Wildman–Crippen LogP) is 4.31. The van der Waals surface area contributed by atoms with E-state index in [-0.39, 0.29) is 24.0 Å². The first-order valence-electron chi connectivity index (χ1n) is 11.1. The number of halogens is 1. The van der Waals surface area contributed by atoms with Gasteiger partial charge in [-0.2, -0.15) is 0 Å². The lowest BCUT2D eigenvalue weighted by molar-refractivity contribution is 0.146. The van der Waals surface area contributed by atoms with Crippen LogP contribution in [-0.2, 0) is 22.6 Å². The summed E-state index contributed by atoms with van der Waals surface area (Å²) in [7, 11) is 3.37. The molecule has 2 N–H and O–H groups in total. The van der Waals surface area contributed by atoms with E-state index >= 15 is 0 Å². The molecule has 0 saturated carbocycles. The first kappa shape index (κ1) is 29.0. The molecule has 2 aromatic rings. The fourth-order valence-electron chi connectivity index (χ4n) is 2.95. The number of nitrogens with zero attached hydrogens (tertiary/aromatic N) is 1. The molecule has 0 fully saturated rings. The number of ether oxygens (including phenoxy) is 4. The van der Waals surface area contributed by atoms with Crippen molar-refractivity contribution in [2.45, 2.75) is 33.4 Å². The molecule has 0 saturated heterocycles. The maximum absolute atomic E-state index is 5.99. The molecule has 0 aromatic heterocycles. The van der Waals surface area contributed by atoms with Gasteiger partial charge in [0, 0.05) is 45.9 Å². The van der Waals surface area contributed by atoms with Crippen LogP contribution in [0.4, 0.5) is 0 Å². The number of benzene rings is 2. The van der Waals surface area contributed by atoms with E-state index in [9.17, 15) is 0 Å². The topological polar surface area (TPSA) is 73.3 Å². The summed E-state index contributed by atoms with van der Waals surface area (Å²) in [5.74, 6) is 2.49. The molecule has 7 nitrogen and oxygen atoms in total. The summed E-state index contributed by atoms with van der Waals surface area (Å²) >= 11 is 0. The molecule has 0 aliphatic heterocycles. The molecule has 0 radical (unpaired) electrons. The summed E-state index contributed by atoms with van der Waals surface area (Å²) in [4.78, 5) is 4.71. The molecule has 0 amide bonds. The van der Waals surface area contributed by atoms with Gasteiger partial charge >= 0.3 is 0 Å². The van der Waals surface area contributed by atoms with Gasteiger partial charge in [0.2, 0.25) is 0 Å². The van der Waals surface area contributed by atoms with Crippen molar-refractivity contribution in [2.24, 2.45) is 4.99 Å². The molecule has 0 atom stereocenters. The standard InChI is InChI=1S/C25H37N3O4.HI/c1-5-26-25(27-18-21-8-11-23(12-9-21)31-16-15-30-4)28-19-22-10-7-20(2)17-24(22)32-14-6-13-29-3;/h7-12,17H,5-6,13-16,18-19H2,1-4H3,(H2,26,27,28);1H. The average Bonchev–Trinajstić information content (AvgIpc) is 2.80. The quantitative estimate of drug-likeness (QED) is 0.153. The second kappa shape index (κ2) is 17.4. The van der Waals surface area contributed by atoms with Crippen molar-refractivity contribution in [1.82, 2.24) is 10.6 Å². The fraction of sp³-hybridized carbons (Fsp3) is 0.480. The van der Waals surface area contributed by atoms with E-state index in [0.717, 1.165) is 41.6 Å².